The maximum atomic E-state index is 12.8. The zero-order chi connectivity index (χ0) is 24.5. The zero-order valence-corrected chi connectivity index (χ0v) is 21.4. The molecule has 1 fully saturated rings. The summed E-state index contributed by atoms with van der Waals surface area (Å²) in [4.78, 5) is 35.3. The lowest BCUT2D eigenvalue weighted by molar-refractivity contribution is -0.137. The summed E-state index contributed by atoms with van der Waals surface area (Å²) in [5.74, 6) is 1.21. The van der Waals surface area contributed by atoms with Crippen LogP contribution in [0.3, 0.4) is 0 Å². The highest BCUT2D eigenvalue weighted by Crippen LogP contribution is 2.38. The predicted octanol–water partition coefficient (Wildman–Crippen LogP) is 6.06. The molecule has 0 radical (unpaired) electrons. The van der Waals surface area contributed by atoms with Crippen molar-refractivity contribution in [1.82, 2.24) is 0 Å². The summed E-state index contributed by atoms with van der Waals surface area (Å²) in [6, 6.07) is 0. The van der Waals surface area contributed by atoms with Crippen molar-refractivity contribution in [2.45, 2.75) is 118 Å². The molecular weight excluding hydrogens is 404 g/mol. The van der Waals surface area contributed by atoms with Crippen LogP contribution in [0.5, 0.6) is 0 Å². The Hall–Kier alpha value is -1.23. The van der Waals surface area contributed by atoms with E-state index in [1.807, 2.05) is 0 Å². The third-order valence-corrected chi connectivity index (χ3v) is 7.83. The highest BCUT2D eigenvalue weighted by Gasteiger charge is 2.31. The highest BCUT2D eigenvalue weighted by atomic mass is 16.4. The van der Waals surface area contributed by atoms with Crippen molar-refractivity contribution in [1.29, 1.82) is 0 Å². The van der Waals surface area contributed by atoms with Gasteiger partial charge >= 0.3 is 5.97 Å². The van der Waals surface area contributed by atoms with Gasteiger partial charge in [-0.3, -0.25) is 9.59 Å². The molecule has 0 aliphatic heterocycles. The molecule has 5 heteroatoms. The molecule has 2 unspecified atom stereocenters. The first-order valence-corrected chi connectivity index (χ1v) is 12.7. The fourth-order valence-corrected chi connectivity index (χ4v) is 5.64. The van der Waals surface area contributed by atoms with Gasteiger partial charge in [-0.25, -0.2) is 0 Å². The maximum Gasteiger partial charge on any atom is 0.303 e. The molecule has 0 aromatic carbocycles. The van der Waals surface area contributed by atoms with Gasteiger partial charge in [0.1, 0.15) is 11.6 Å². The van der Waals surface area contributed by atoms with E-state index in [0.717, 1.165) is 25.7 Å². The standard InChI is InChI=1S/C27H48O5/c1-18-12-19(2)14-23(13-18)25(30)17-22(15-21(4)28)16-24(29)10-9-20(3)27(5,6)11-7-8-26(31)32/h18-20,22-23,25,30H,7-17H2,1-6H3,(H,31,32)/t18-,19-,20?,22?,25+/m0/s1. The summed E-state index contributed by atoms with van der Waals surface area (Å²) in [5.41, 5.74) is -0.0148. The summed E-state index contributed by atoms with van der Waals surface area (Å²) < 4.78 is 0. The van der Waals surface area contributed by atoms with E-state index < -0.39 is 12.1 Å². The molecule has 0 bridgehead atoms. The van der Waals surface area contributed by atoms with E-state index in [4.69, 9.17) is 5.11 Å². The number of hydrogen-bond donors (Lipinski definition) is 2. The second kappa shape index (κ2) is 13.5. The minimum absolute atomic E-state index is 0.0148. The summed E-state index contributed by atoms with van der Waals surface area (Å²) in [5, 5.41) is 19.7. The number of carboxylic acids is 1. The van der Waals surface area contributed by atoms with Gasteiger partial charge in [0.05, 0.1) is 6.10 Å². The Kier molecular flexibility index (Phi) is 12.1. The molecule has 0 saturated heterocycles. The third-order valence-electron chi connectivity index (χ3n) is 7.83. The number of ketones is 2. The van der Waals surface area contributed by atoms with Crippen molar-refractivity contribution in [3.05, 3.63) is 0 Å². The topological polar surface area (TPSA) is 91.7 Å². The van der Waals surface area contributed by atoms with Crippen LogP contribution >= 0.6 is 0 Å². The number of hydrogen-bond acceptors (Lipinski definition) is 4. The van der Waals surface area contributed by atoms with Crippen LogP contribution in [0.25, 0.3) is 0 Å². The van der Waals surface area contributed by atoms with Crippen LogP contribution in [0.2, 0.25) is 0 Å². The number of carbonyl (C=O) groups is 3. The normalized spacial score (nSPS) is 24.5. The molecule has 0 heterocycles. The van der Waals surface area contributed by atoms with Gasteiger partial charge in [0.2, 0.25) is 0 Å². The number of carbonyl (C=O) groups excluding carboxylic acids is 2. The van der Waals surface area contributed by atoms with Gasteiger partial charge in [0.25, 0.3) is 0 Å². The lowest BCUT2D eigenvalue weighted by Crippen LogP contribution is -2.31. The third kappa shape index (κ3) is 11.1. The van der Waals surface area contributed by atoms with Crippen molar-refractivity contribution in [2.24, 2.45) is 35.0 Å². The van der Waals surface area contributed by atoms with E-state index in [2.05, 4.69) is 34.6 Å². The molecule has 2 N–H and O–H groups in total. The second-order valence-corrected chi connectivity index (χ2v) is 11.7. The van der Waals surface area contributed by atoms with Gasteiger partial charge in [-0.1, -0.05) is 34.6 Å². The van der Waals surface area contributed by atoms with Crippen LogP contribution < -0.4 is 0 Å². The first-order valence-electron chi connectivity index (χ1n) is 12.7. The van der Waals surface area contributed by atoms with E-state index in [0.29, 0.717) is 49.9 Å². The van der Waals surface area contributed by atoms with Crippen LogP contribution in [-0.4, -0.2) is 33.9 Å². The Morgan fingerprint density at radius 3 is 2.12 bits per heavy atom. The number of aliphatic carboxylic acids is 1. The van der Waals surface area contributed by atoms with E-state index >= 15 is 0 Å². The van der Waals surface area contributed by atoms with Crippen molar-refractivity contribution in [3.63, 3.8) is 0 Å². The lowest BCUT2D eigenvalue weighted by atomic mass is 9.72. The SMILES string of the molecule is CC(=O)CC(CC(=O)CCC(C)C(C)(C)CCCC(=O)O)C[C@@H](O)C1C[C@@H](C)C[C@H](C)C1. The Morgan fingerprint density at radius 2 is 1.59 bits per heavy atom. The van der Waals surface area contributed by atoms with Crippen LogP contribution in [0, 0.1) is 35.0 Å². The monoisotopic (exact) mass is 452 g/mol. The van der Waals surface area contributed by atoms with E-state index in [-0.39, 0.29) is 35.2 Å². The molecule has 0 amide bonds. The van der Waals surface area contributed by atoms with Gasteiger partial charge in [0.15, 0.2) is 0 Å². The van der Waals surface area contributed by atoms with Crippen molar-refractivity contribution >= 4 is 17.5 Å². The smallest absolute Gasteiger partial charge is 0.303 e. The summed E-state index contributed by atoms with van der Waals surface area (Å²) >= 11 is 0. The molecule has 5 atom stereocenters. The average Bonchev–Trinajstić information content (AvgIpc) is 2.64. The summed E-state index contributed by atoms with van der Waals surface area (Å²) in [6.07, 6.45) is 6.99. The first-order chi connectivity index (χ1) is 14.8. The van der Waals surface area contributed by atoms with Crippen LogP contribution in [0.1, 0.15) is 112 Å². The van der Waals surface area contributed by atoms with Gasteiger partial charge in [0, 0.05) is 25.7 Å². The Labute approximate surface area is 195 Å². The van der Waals surface area contributed by atoms with Gasteiger partial charge < -0.3 is 15.0 Å². The summed E-state index contributed by atoms with van der Waals surface area (Å²) in [6.45, 7) is 12.5. The molecule has 32 heavy (non-hydrogen) atoms. The molecular formula is C27H48O5. The Morgan fingerprint density at radius 1 is 1.00 bits per heavy atom. The molecule has 0 aromatic heterocycles. The van der Waals surface area contributed by atoms with E-state index in [1.54, 1.807) is 6.92 Å². The highest BCUT2D eigenvalue weighted by molar-refractivity contribution is 5.80. The quantitative estimate of drug-likeness (QED) is 0.315. The minimum atomic E-state index is -0.764. The molecule has 5 nitrogen and oxygen atoms in total. The van der Waals surface area contributed by atoms with Gasteiger partial charge in [-0.2, -0.15) is 0 Å². The van der Waals surface area contributed by atoms with Crippen LogP contribution in [0.15, 0.2) is 0 Å². The lowest BCUT2D eigenvalue weighted by Gasteiger charge is -2.35. The van der Waals surface area contributed by atoms with Crippen molar-refractivity contribution in [3.8, 4) is 0 Å². The molecule has 1 rings (SSSR count). The fourth-order valence-electron chi connectivity index (χ4n) is 5.64. The van der Waals surface area contributed by atoms with Crippen molar-refractivity contribution in [2.75, 3.05) is 0 Å². The molecule has 1 aliphatic rings. The molecule has 1 aliphatic carbocycles. The number of rotatable bonds is 15. The zero-order valence-electron chi connectivity index (χ0n) is 21.4. The maximum absolute atomic E-state index is 12.8. The average molecular weight is 453 g/mol. The van der Waals surface area contributed by atoms with Gasteiger partial charge in [-0.15, -0.1) is 0 Å². The molecule has 1 saturated carbocycles. The van der Waals surface area contributed by atoms with E-state index in [1.165, 1.54) is 6.42 Å². The van der Waals surface area contributed by atoms with Crippen molar-refractivity contribution < 1.29 is 24.6 Å². The number of Topliss-reactive ketones (excluding diaryl/α,β-unsaturated/α-hetero) is 2. The first kappa shape index (κ1) is 28.8. The molecule has 186 valence electrons. The Balaban J connectivity index is 2.56. The molecule has 0 aromatic rings. The molecule has 0 spiro atoms. The number of aliphatic hydroxyl groups excluding tert-OH is 1. The second-order valence-electron chi connectivity index (χ2n) is 11.7. The minimum Gasteiger partial charge on any atom is -0.481 e. The number of aliphatic hydroxyl groups is 1. The Bertz CT molecular complexity index is 601. The predicted molar refractivity (Wildman–Crippen MR) is 128 cm³/mol. The van der Waals surface area contributed by atoms with Gasteiger partial charge in [-0.05, 0) is 86.9 Å². The fraction of sp³-hybridized carbons (Fsp3) is 0.889. The van der Waals surface area contributed by atoms with E-state index in [9.17, 15) is 19.5 Å². The van der Waals surface area contributed by atoms with Crippen LogP contribution in [-0.2, 0) is 14.4 Å². The van der Waals surface area contributed by atoms with Crippen LogP contribution in [0.4, 0.5) is 0 Å². The largest absolute Gasteiger partial charge is 0.481 e. The number of carboxylic acid groups (broad SMARTS) is 1. The summed E-state index contributed by atoms with van der Waals surface area (Å²) in [7, 11) is 0.